The van der Waals surface area contributed by atoms with Gasteiger partial charge in [-0.05, 0) is 52.0 Å². The molecule has 0 unspecified atom stereocenters. The van der Waals surface area contributed by atoms with Gasteiger partial charge in [0.15, 0.2) is 5.69 Å². The zero-order chi connectivity index (χ0) is 14.5. The topological polar surface area (TPSA) is 58.1 Å². The average molecular weight is 355 g/mol. The fraction of sp³-hybridized carbons (Fsp3) is 0.308. The summed E-state index contributed by atoms with van der Waals surface area (Å²) >= 11 is 5.02. The van der Waals surface area contributed by atoms with Gasteiger partial charge >= 0.3 is 0 Å². The van der Waals surface area contributed by atoms with Crippen LogP contribution in [0.25, 0.3) is 0 Å². The molecule has 2 rings (SSSR count). The summed E-state index contributed by atoms with van der Waals surface area (Å²) in [5.74, 6) is 0.538. The maximum absolute atomic E-state index is 12.2. The van der Waals surface area contributed by atoms with Gasteiger partial charge < -0.3 is 10.2 Å². The van der Waals surface area contributed by atoms with Gasteiger partial charge in [-0.1, -0.05) is 0 Å². The number of aromatic nitrogens is 2. The van der Waals surface area contributed by atoms with Gasteiger partial charge in [0, 0.05) is 20.1 Å². The van der Waals surface area contributed by atoms with Gasteiger partial charge in [-0.25, -0.2) is 0 Å². The van der Waals surface area contributed by atoms with E-state index >= 15 is 0 Å². The molecule has 2 heterocycles. The van der Waals surface area contributed by atoms with E-state index in [2.05, 4.69) is 31.4 Å². The highest BCUT2D eigenvalue weighted by molar-refractivity contribution is 9.11. The Labute approximate surface area is 130 Å². The van der Waals surface area contributed by atoms with E-state index in [1.165, 1.54) is 0 Å². The minimum absolute atomic E-state index is 0.136. The lowest BCUT2D eigenvalue weighted by Crippen LogP contribution is -2.27. The predicted octanol–water partition coefficient (Wildman–Crippen LogP) is 3.00. The molecular formula is C13H15BrN4OS. The van der Waals surface area contributed by atoms with Crippen molar-refractivity contribution in [1.82, 2.24) is 15.1 Å². The second-order valence-corrected chi connectivity index (χ2v) is 6.54. The van der Waals surface area contributed by atoms with Crippen LogP contribution < -0.4 is 5.32 Å². The smallest absolute Gasteiger partial charge is 0.274 e. The fourth-order valence-corrected chi connectivity index (χ4v) is 2.89. The first-order chi connectivity index (χ1) is 9.60. The normalized spacial score (nSPS) is 10.3. The third-order valence-corrected chi connectivity index (χ3v) is 4.18. The number of hydrogen-bond acceptors (Lipinski definition) is 5. The van der Waals surface area contributed by atoms with Crippen molar-refractivity contribution in [1.29, 1.82) is 0 Å². The van der Waals surface area contributed by atoms with Gasteiger partial charge in [0.05, 0.1) is 3.79 Å². The number of hydrogen-bond donors (Lipinski definition) is 1. The number of nitrogens with one attached hydrogen (secondary N) is 1. The molecule has 20 heavy (non-hydrogen) atoms. The van der Waals surface area contributed by atoms with Gasteiger partial charge in [0.1, 0.15) is 5.82 Å². The van der Waals surface area contributed by atoms with E-state index in [1.54, 1.807) is 35.4 Å². The van der Waals surface area contributed by atoms with Crippen molar-refractivity contribution >= 4 is 39.0 Å². The van der Waals surface area contributed by atoms with Gasteiger partial charge in [-0.3, -0.25) is 4.79 Å². The number of carbonyl (C=O) groups is 1. The van der Waals surface area contributed by atoms with Crippen LogP contribution in [0, 0.1) is 0 Å². The molecule has 0 bridgehead atoms. The largest absolute Gasteiger partial charge is 0.369 e. The Hall–Kier alpha value is -1.47. The molecule has 106 valence electrons. The van der Waals surface area contributed by atoms with E-state index in [0.717, 1.165) is 15.9 Å². The predicted molar refractivity (Wildman–Crippen MR) is 84.0 cm³/mol. The van der Waals surface area contributed by atoms with Crippen LogP contribution in [0.3, 0.4) is 0 Å². The summed E-state index contributed by atoms with van der Waals surface area (Å²) in [7, 11) is 1.76. The molecule has 0 radical (unpaired) electrons. The number of amides is 1. The van der Waals surface area contributed by atoms with E-state index in [1.807, 2.05) is 18.4 Å². The highest BCUT2D eigenvalue weighted by Crippen LogP contribution is 2.21. The molecule has 0 aliphatic heterocycles. The molecule has 0 atom stereocenters. The number of rotatable bonds is 5. The molecule has 2 aromatic rings. The molecule has 0 saturated heterocycles. The number of thiophene rings is 1. The SMILES string of the molecule is CCNc1ccc(C(=O)N(C)Cc2csc(Br)c2)nn1. The Morgan fingerprint density at radius 2 is 2.25 bits per heavy atom. The van der Waals surface area contributed by atoms with Crippen LogP contribution in [-0.2, 0) is 6.54 Å². The van der Waals surface area contributed by atoms with E-state index in [0.29, 0.717) is 18.1 Å². The monoisotopic (exact) mass is 354 g/mol. The summed E-state index contributed by atoms with van der Waals surface area (Å²) in [6.45, 7) is 3.31. The fourth-order valence-electron chi connectivity index (χ4n) is 1.69. The number of anilines is 1. The molecule has 0 spiro atoms. The molecule has 0 aromatic carbocycles. The second kappa shape index (κ2) is 6.81. The molecule has 7 heteroatoms. The first-order valence-electron chi connectivity index (χ1n) is 6.16. The highest BCUT2D eigenvalue weighted by atomic mass is 79.9. The Bertz CT molecular complexity index is 584. The van der Waals surface area contributed by atoms with Crippen LogP contribution in [0.5, 0.6) is 0 Å². The lowest BCUT2D eigenvalue weighted by atomic mass is 10.3. The maximum atomic E-state index is 12.2. The molecular weight excluding hydrogens is 340 g/mol. The summed E-state index contributed by atoms with van der Waals surface area (Å²) < 4.78 is 1.06. The van der Waals surface area contributed by atoms with Crippen LogP contribution in [0.4, 0.5) is 5.82 Å². The van der Waals surface area contributed by atoms with E-state index in [-0.39, 0.29) is 5.91 Å². The zero-order valence-electron chi connectivity index (χ0n) is 11.3. The zero-order valence-corrected chi connectivity index (χ0v) is 13.7. The minimum Gasteiger partial charge on any atom is -0.369 e. The van der Waals surface area contributed by atoms with Gasteiger partial charge in [0.2, 0.25) is 0 Å². The number of carbonyl (C=O) groups excluding carboxylic acids is 1. The van der Waals surface area contributed by atoms with Crippen LogP contribution in [0.1, 0.15) is 23.0 Å². The maximum Gasteiger partial charge on any atom is 0.274 e. The average Bonchev–Trinajstić information content (AvgIpc) is 2.84. The first-order valence-corrected chi connectivity index (χ1v) is 7.83. The highest BCUT2D eigenvalue weighted by Gasteiger charge is 2.14. The quantitative estimate of drug-likeness (QED) is 0.896. The van der Waals surface area contributed by atoms with Gasteiger partial charge in [0.25, 0.3) is 5.91 Å². The summed E-state index contributed by atoms with van der Waals surface area (Å²) in [5, 5.41) is 13.0. The number of halogens is 1. The first kappa shape index (κ1) is 14.9. The van der Waals surface area contributed by atoms with Crippen molar-refractivity contribution < 1.29 is 4.79 Å². The standard InChI is InChI=1S/C13H15BrN4OS/c1-3-15-12-5-4-10(16-17-12)13(19)18(2)7-9-6-11(14)20-8-9/h4-6,8H,3,7H2,1-2H3,(H,15,17). The van der Waals surface area contributed by atoms with Crippen LogP contribution in [-0.4, -0.2) is 34.6 Å². The van der Waals surface area contributed by atoms with Gasteiger partial charge in [-0.15, -0.1) is 21.5 Å². The Kier molecular flexibility index (Phi) is 5.08. The summed E-state index contributed by atoms with van der Waals surface area (Å²) in [6.07, 6.45) is 0. The van der Waals surface area contributed by atoms with E-state index in [4.69, 9.17) is 0 Å². The third kappa shape index (κ3) is 3.77. The van der Waals surface area contributed by atoms with Gasteiger partial charge in [-0.2, -0.15) is 0 Å². The summed E-state index contributed by atoms with van der Waals surface area (Å²) in [6, 6.07) is 5.46. The van der Waals surface area contributed by atoms with Crippen LogP contribution in [0.2, 0.25) is 0 Å². The minimum atomic E-state index is -0.136. The Morgan fingerprint density at radius 3 is 2.80 bits per heavy atom. The van der Waals surface area contributed by atoms with Crippen molar-refractivity contribution in [3.8, 4) is 0 Å². The van der Waals surface area contributed by atoms with Crippen LogP contribution in [0.15, 0.2) is 27.4 Å². The molecule has 1 amide bonds. The lowest BCUT2D eigenvalue weighted by molar-refractivity contribution is 0.0778. The van der Waals surface area contributed by atoms with E-state index < -0.39 is 0 Å². The molecule has 0 fully saturated rings. The molecule has 2 aromatic heterocycles. The van der Waals surface area contributed by atoms with E-state index in [9.17, 15) is 4.79 Å². The molecule has 0 aliphatic carbocycles. The van der Waals surface area contributed by atoms with Crippen molar-refractivity contribution in [2.45, 2.75) is 13.5 Å². The van der Waals surface area contributed by atoms with Crippen molar-refractivity contribution in [3.63, 3.8) is 0 Å². The molecule has 0 saturated carbocycles. The Balaban J connectivity index is 2.02. The Morgan fingerprint density at radius 1 is 1.45 bits per heavy atom. The van der Waals surface area contributed by atoms with Crippen molar-refractivity contribution in [2.75, 3.05) is 18.9 Å². The van der Waals surface area contributed by atoms with Crippen LogP contribution >= 0.6 is 27.3 Å². The summed E-state index contributed by atoms with van der Waals surface area (Å²) in [5.41, 5.74) is 1.44. The molecule has 1 N–H and O–H groups in total. The molecule has 0 aliphatic rings. The summed E-state index contributed by atoms with van der Waals surface area (Å²) in [4.78, 5) is 13.9. The van der Waals surface area contributed by atoms with Crippen molar-refractivity contribution in [2.24, 2.45) is 0 Å². The molecule has 5 nitrogen and oxygen atoms in total. The lowest BCUT2D eigenvalue weighted by Gasteiger charge is -2.15. The second-order valence-electron chi connectivity index (χ2n) is 4.25. The van der Waals surface area contributed by atoms with Crippen molar-refractivity contribution in [3.05, 3.63) is 38.6 Å². The third-order valence-electron chi connectivity index (χ3n) is 2.63. The number of nitrogens with zero attached hydrogens (tertiary/aromatic N) is 3.